The van der Waals surface area contributed by atoms with Crippen molar-refractivity contribution in [2.45, 2.75) is 13.8 Å². The number of hydrogen-bond acceptors (Lipinski definition) is 8. The quantitative estimate of drug-likeness (QED) is 0.822. The van der Waals surface area contributed by atoms with Crippen LogP contribution < -0.4 is 5.73 Å². The SMILES string of the molecule is CCOC(=O)c1noc(-c2c(C)nsc2N)n1. The van der Waals surface area contributed by atoms with Crippen LogP contribution in [0.25, 0.3) is 11.5 Å². The van der Waals surface area contributed by atoms with Crippen LogP contribution in [0.15, 0.2) is 4.52 Å². The number of aromatic nitrogens is 3. The van der Waals surface area contributed by atoms with Crippen molar-refractivity contribution in [1.29, 1.82) is 0 Å². The van der Waals surface area contributed by atoms with Gasteiger partial charge >= 0.3 is 5.97 Å². The molecule has 2 N–H and O–H groups in total. The summed E-state index contributed by atoms with van der Waals surface area (Å²) in [4.78, 5) is 15.3. The molecule has 0 unspecified atom stereocenters. The average molecular weight is 254 g/mol. The Morgan fingerprint density at radius 1 is 1.59 bits per heavy atom. The van der Waals surface area contributed by atoms with Gasteiger partial charge in [-0.05, 0) is 30.5 Å². The smallest absolute Gasteiger partial charge is 0.379 e. The summed E-state index contributed by atoms with van der Waals surface area (Å²) >= 11 is 1.14. The Balaban J connectivity index is 2.33. The van der Waals surface area contributed by atoms with Crippen LogP contribution in [0.5, 0.6) is 0 Å². The molecule has 0 amide bonds. The molecule has 0 atom stereocenters. The number of hydrogen-bond donors (Lipinski definition) is 1. The molecule has 2 aromatic heterocycles. The fourth-order valence-electron chi connectivity index (χ4n) is 1.25. The molecule has 0 aliphatic heterocycles. The van der Waals surface area contributed by atoms with Gasteiger partial charge in [0.15, 0.2) is 0 Å². The molecular formula is C9H10N4O3S. The summed E-state index contributed by atoms with van der Waals surface area (Å²) in [5.41, 5.74) is 6.98. The molecule has 0 saturated carbocycles. The van der Waals surface area contributed by atoms with E-state index in [-0.39, 0.29) is 18.3 Å². The van der Waals surface area contributed by atoms with Gasteiger partial charge in [0.2, 0.25) is 0 Å². The number of anilines is 1. The number of nitrogens with two attached hydrogens (primary N) is 1. The molecule has 0 saturated heterocycles. The molecular weight excluding hydrogens is 244 g/mol. The fraction of sp³-hybridized carbons (Fsp3) is 0.333. The van der Waals surface area contributed by atoms with E-state index in [1.54, 1.807) is 13.8 Å². The van der Waals surface area contributed by atoms with Gasteiger partial charge in [-0.25, -0.2) is 4.79 Å². The van der Waals surface area contributed by atoms with Gasteiger partial charge in [0, 0.05) is 0 Å². The lowest BCUT2D eigenvalue weighted by Gasteiger charge is -1.94. The third kappa shape index (κ3) is 2.11. The van der Waals surface area contributed by atoms with E-state index in [1.807, 2.05) is 0 Å². The highest BCUT2D eigenvalue weighted by Crippen LogP contribution is 2.30. The Hall–Kier alpha value is -1.96. The first-order valence-corrected chi connectivity index (χ1v) is 5.63. The summed E-state index contributed by atoms with van der Waals surface area (Å²) in [5, 5.41) is 4.01. The van der Waals surface area contributed by atoms with Crippen molar-refractivity contribution in [2.75, 3.05) is 12.3 Å². The number of aryl methyl sites for hydroxylation is 1. The zero-order chi connectivity index (χ0) is 12.4. The van der Waals surface area contributed by atoms with Crippen LogP contribution in [0.3, 0.4) is 0 Å². The summed E-state index contributed by atoms with van der Waals surface area (Å²) < 4.78 is 13.8. The molecule has 2 aromatic rings. The van der Waals surface area contributed by atoms with E-state index < -0.39 is 5.97 Å². The molecule has 0 spiro atoms. The highest BCUT2D eigenvalue weighted by molar-refractivity contribution is 7.10. The predicted molar refractivity (Wildman–Crippen MR) is 60.5 cm³/mol. The lowest BCUT2D eigenvalue weighted by molar-refractivity contribution is 0.0508. The molecule has 0 aliphatic rings. The Morgan fingerprint density at radius 3 is 2.94 bits per heavy atom. The summed E-state index contributed by atoms with van der Waals surface area (Å²) in [6.07, 6.45) is 0. The van der Waals surface area contributed by atoms with Crippen molar-refractivity contribution < 1.29 is 14.1 Å². The van der Waals surface area contributed by atoms with E-state index in [2.05, 4.69) is 14.5 Å². The maximum atomic E-state index is 11.3. The van der Waals surface area contributed by atoms with Crippen molar-refractivity contribution >= 4 is 22.5 Å². The minimum atomic E-state index is -0.623. The number of rotatable bonds is 3. The normalized spacial score (nSPS) is 10.5. The highest BCUT2D eigenvalue weighted by Gasteiger charge is 2.21. The highest BCUT2D eigenvalue weighted by atomic mass is 32.1. The van der Waals surface area contributed by atoms with E-state index >= 15 is 0 Å². The lowest BCUT2D eigenvalue weighted by atomic mass is 10.2. The van der Waals surface area contributed by atoms with Crippen molar-refractivity contribution in [2.24, 2.45) is 0 Å². The van der Waals surface area contributed by atoms with E-state index in [0.717, 1.165) is 11.5 Å². The van der Waals surface area contributed by atoms with E-state index in [9.17, 15) is 4.79 Å². The van der Waals surface area contributed by atoms with E-state index in [1.165, 1.54) is 0 Å². The Kier molecular flexibility index (Phi) is 3.05. The monoisotopic (exact) mass is 254 g/mol. The second kappa shape index (κ2) is 4.50. The van der Waals surface area contributed by atoms with Gasteiger partial charge in [0.1, 0.15) is 5.00 Å². The zero-order valence-electron chi connectivity index (χ0n) is 9.26. The van der Waals surface area contributed by atoms with E-state index in [4.69, 9.17) is 15.0 Å². The van der Waals surface area contributed by atoms with E-state index in [0.29, 0.717) is 16.3 Å². The van der Waals surface area contributed by atoms with Crippen LogP contribution in [-0.4, -0.2) is 27.1 Å². The topological polar surface area (TPSA) is 104 Å². The molecule has 0 radical (unpaired) electrons. The first-order chi connectivity index (χ1) is 8.13. The van der Waals surface area contributed by atoms with Crippen LogP contribution in [0.4, 0.5) is 5.00 Å². The molecule has 17 heavy (non-hydrogen) atoms. The van der Waals surface area contributed by atoms with Crippen molar-refractivity contribution in [1.82, 2.24) is 14.5 Å². The number of esters is 1. The minimum absolute atomic E-state index is 0.119. The Labute approximate surface area is 101 Å². The molecule has 0 fully saturated rings. The Bertz CT molecular complexity index is 529. The summed E-state index contributed by atoms with van der Waals surface area (Å²) in [5.74, 6) is -0.564. The third-order valence-electron chi connectivity index (χ3n) is 1.99. The second-order valence-electron chi connectivity index (χ2n) is 3.15. The first kappa shape index (κ1) is 11.5. The summed E-state index contributed by atoms with van der Waals surface area (Å²) in [6, 6.07) is 0. The molecule has 90 valence electrons. The Morgan fingerprint density at radius 2 is 2.35 bits per heavy atom. The largest absolute Gasteiger partial charge is 0.460 e. The van der Waals surface area contributed by atoms with Crippen molar-refractivity contribution in [3.8, 4) is 11.5 Å². The third-order valence-corrected chi connectivity index (χ3v) is 2.75. The first-order valence-electron chi connectivity index (χ1n) is 4.86. The van der Waals surface area contributed by atoms with Gasteiger partial charge in [-0.1, -0.05) is 0 Å². The molecule has 2 rings (SSSR count). The van der Waals surface area contributed by atoms with Gasteiger partial charge < -0.3 is 15.0 Å². The minimum Gasteiger partial charge on any atom is -0.460 e. The van der Waals surface area contributed by atoms with Gasteiger partial charge in [-0.15, -0.1) is 0 Å². The summed E-state index contributed by atoms with van der Waals surface area (Å²) in [6.45, 7) is 3.73. The number of ether oxygens (including phenoxy) is 1. The van der Waals surface area contributed by atoms with Gasteiger partial charge in [0.05, 0.1) is 17.9 Å². The van der Waals surface area contributed by atoms with Gasteiger partial charge in [0.25, 0.3) is 11.7 Å². The number of nitrogen functional groups attached to an aromatic ring is 1. The van der Waals surface area contributed by atoms with Crippen LogP contribution in [0.1, 0.15) is 23.2 Å². The zero-order valence-corrected chi connectivity index (χ0v) is 10.1. The summed E-state index contributed by atoms with van der Waals surface area (Å²) in [7, 11) is 0. The van der Waals surface area contributed by atoms with Crippen molar-refractivity contribution in [3.63, 3.8) is 0 Å². The molecule has 8 heteroatoms. The standard InChI is InChI=1S/C9H10N4O3S/c1-3-15-9(14)7-11-8(16-12-7)5-4(2)13-17-6(5)10/h3,10H2,1-2H3. The van der Waals surface area contributed by atoms with Crippen LogP contribution in [0.2, 0.25) is 0 Å². The molecule has 0 bridgehead atoms. The van der Waals surface area contributed by atoms with Gasteiger partial charge in [-0.3, -0.25) is 0 Å². The number of carbonyl (C=O) groups is 1. The predicted octanol–water partition coefficient (Wildman–Crippen LogP) is 1.26. The molecule has 0 aliphatic carbocycles. The van der Waals surface area contributed by atoms with Crippen LogP contribution >= 0.6 is 11.5 Å². The average Bonchev–Trinajstić information content (AvgIpc) is 2.86. The van der Waals surface area contributed by atoms with Crippen LogP contribution in [0, 0.1) is 6.92 Å². The molecule has 0 aromatic carbocycles. The van der Waals surface area contributed by atoms with Crippen LogP contribution in [-0.2, 0) is 4.74 Å². The number of nitrogens with zero attached hydrogens (tertiary/aromatic N) is 3. The lowest BCUT2D eigenvalue weighted by Crippen LogP contribution is -2.06. The number of carbonyl (C=O) groups excluding carboxylic acids is 1. The maximum absolute atomic E-state index is 11.3. The maximum Gasteiger partial charge on any atom is 0.379 e. The molecule has 7 nitrogen and oxygen atoms in total. The second-order valence-corrected chi connectivity index (χ2v) is 3.96. The van der Waals surface area contributed by atoms with Gasteiger partial charge in [-0.2, -0.15) is 9.36 Å². The fourth-order valence-corrected chi connectivity index (χ4v) is 1.90. The molecule has 2 heterocycles. The van der Waals surface area contributed by atoms with Crippen molar-refractivity contribution in [3.05, 3.63) is 11.5 Å².